The van der Waals surface area contributed by atoms with Crippen molar-refractivity contribution in [2.75, 3.05) is 4.43 Å². The molecule has 26 heavy (non-hydrogen) atoms. The van der Waals surface area contributed by atoms with Gasteiger partial charge in [0, 0.05) is 21.1 Å². The summed E-state index contributed by atoms with van der Waals surface area (Å²) in [4.78, 5) is 15.1. The zero-order valence-electron chi connectivity index (χ0n) is 15.8. The number of hydrogen-bond donors (Lipinski definition) is 0. The monoisotopic (exact) mass is 463 g/mol. The highest BCUT2D eigenvalue weighted by Gasteiger charge is 2.60. The van der Waals surface area contributed by atoms with E-state index in [0.29, 0.717) is 0 Å². The summed E-state index contributed by atoms with van der Waals surface area (Å²) in [7, 11) is 0. The van der Waals surface area contributed by atoms with Crippen molar-refractivity contribution < 1.29 is 9.53 Å². The Morgan fingerprint density at radius 2 is 1.50 bits per heavy atom. The van der Waals surface area contributed by atoms with Gasteiger partial charge in [0.1, 0.15) is 0 Å². The number of rotatable bonds is 4. The van der Waals surface area contributed by atoms with Crippen LogP contribution in [0.1, 0.15) is 38.8 Å². The zero-order chi connectivity index (χ0) is 18.9. The van der Waals surface area contributed by atoms with Crippen LogP contribution in [0.3, 0.4) is 0 Å². The second-order valence-corrected chi connectivity index (χ2v) is 8.83. The summed E-state index contributed by atoms with van der Waals surface area (Å²) in [6.07, 6.45) is -0.244. The third-order valence-electron chi connectivity index (χ3n) is 5.05. The van der Waals surface area contributed by atoms with E-state index in [9.17, 15) is 4.79 Å². The fraction of sp³-hybridized carbons (Fsp3) is 0.409. The molecule has 0 saturated carbocycles. The van der Waals surface area contributed by atoms with E-state index in [-0.39, 0.29) is 23.6 Å². The summed E-state index contributed by atoms with van der Waals surface area (Å²) in [5.74, 6) is 0.265. The number of ether oxygens (including phenoxy) is 1. The van der Waals surface area contributed by atoms with E-state index in [1.54, 1.807) is 0 Å². The Morgan fingerprint density at radius 1 is 1.04 bits per heavy atom. The van der Waals surface area contributed by atoms with E-state index < -0.39 is 5.60 Å². The van der Waals surface area contributed by atoms with Gasteiger partial charge in [0.15, 0.2) is 5.60 Å². The van der Waals surface area contributed by atoms with Crippen LogP contribution in [-0.2, 0) is 10.3 Å². The van der Waals surface area contributed by atoms with Crippen LogP contribution in [-0.4, -0.2) is 27.0 Å². The molecule has 2 unspecified atom stereocenters. The SMILES string of the molecule is CC(CI)C1N(C(C)(C)C)C(=O)OC1(c1ccccc1)c1ccccc1. The summed E-state index contributed by atoms with van der Waals surface area (Å²) in [6, 6.07) is 20.2. The molecule has 3 nitrogen and oxygen atoms in total. The van der Waals surface area contributed by atoms with Crippen molar-refractivity contribution in [2.45, 2.75) is 44.9 Å². The molecule has 1 fully saturated rings. The molecular weight excluding hydrogens is 437 g/mol. The molecule has 0 aromatic heterocycles. The van der Waals surface area contributed by atoms with Crippen LogP contribution >= 0.6 is 22.6 Å². The Bertz CT molecular complexity index is 715. The van der Waals surface area contributed by atoms with Crippen LogP contribution < -0.4 is 0 Å². The molecule has 0 radical (unpaired) electrons. The molecule has 2 atom stereocenters. The van der Waals surface area contributed by atoms with Gasteiger partial charge in [-0.3, -0.25) is 4.90 Å². The van der Waals surface area contributed by atoms with Crippen LogP contribution in [0.4, 0.5) is 4.79 Å². The summed E-state index contributed by atoms with van der Waals surface area (Å²) in [5, 5.41) is 0. The van der Waals surface area contributed by atoms with E-state index in [0.717, 1.165) is 15.6 Å². The van der Waals surface area contributed by atoms with Gasteiger partial charge in [0.25, 0.3) is 0 Å². The van der Waals surface area contributed by atoms with Gasteiger partial charge < -0.3 is 4.74 Å². The molecule has 2 aromatic rings. The van der Waals surface area contributed by atoms with Gasteiger partial charge in [-0.05, 0) is 26.7 Å². The van der Waals surface area contributed by atoms with Crippen molar-refractivity contribution in [3.63, 3.8) is 0 Å². The van der Waals surface area contributed by atoms with Crippen LogP contribution in [0.25, 0.3) is 0 Å². The summed E-state index contributed by atoms with van der Waals surface area (Å²) >= 11 is 2.41. The van der Waals surface area contributed by atoms with Crippen LogP contribution in [0.15, 0.2) is 60.7 Å². The van der Waals surface area contributed by atoms with E-state index in [2.05, 4.69) is 74.6 Å². The van der Waals surface area contributed by atoms with Gasteiger partial charge in [-0.2, -0.15) is 0 Å². The third kappa shape index (κ3) is 3.13. The molecule has 1 saturated heterocycles. The fourth-order valence-corrected chi connectivity index (χ4v) is 4.45. The minimum atomic E-state index is -0.808. The summed E-state index contributed by atoms with van der Waals surface area (Å²) in [6.45, 7) is 8.44. The Balaban J connectivity index is 2.30. The maximum atomic E-state index is 13.1. The van der Waals surface area contributed by atoms with Gasteiger partial charge >= 0.3 is 6.09 Å². The number of cyclic esters (lactones) is 1. The lowest BCUT2D eigenvalue weighted by Gasteiger charge is -2.43. The number of alkyl halides is 1. The Kier molecular flexibility index (Phi) is 5.33. The molecule has 1 heterocycles. The van der Waals surface area contributed by atoms with Gasteiger partial charge in [-0.25, -0.2) is 4.79 Å². The number of carbonyl (C=O) groups excluding carboxylic acids is 1. The largest absolute Gasteiger partial charge is 0.431 e. The Morgan fingerprint density at radius 3 is 1.88 bits per heavy atom. The summed E-state index contributed by atoms with van der Waals surface area (Å²) in [5.41, 5.74) is 0.908. The maximum absolute atomic E-state index is 13.1. The Hall–Kier alpha value is -1.56. The lowest BCUT2D eigenvalue weighted by atomic mass is 9.75. The predicted octanol–water partition coefficient (Wildman–Crippen LogP) is 5.62. The first-order valence-corrected chi connectivity index (χ1v) is 10.5. The second kappa shape index (κ2) is 7.22. The first-order chi connectivity index (χ1) is 12.3. The van der Waals surface area contributed by atoms with E-state index in [1.807, 2.05) is 41.3 Å². The molecular formula is C22H26INO2. The molecule has 0 aliphatic carbocycles. The first kappa shape index (κ1) is 19.2. The lowest BCUT2D eigenvalue weighted by Crippen LogP contribution is -2.55. The van der Waals surface area contributed by atoms with Crippen molar-refractivity contribution in [1.29, 1.82) is 0 Å². The topological polar surface area (TPSA) is 29.5 Å². The van der Waals surface area contributed by atoms with Gasteiger partial charge in [0.05, 0.1) is 6.04 Å². The fourth-order valence-electron chi connectivity index (χ4n) is 3.97. The van der Waals surface area contributed by atoms with Crippen LogP contribution in [0, 0.1) is 5.92 Å². The smallest absolute Gasteiger partial charge is 0.411 e. The number of hydrogen-bond acceptors (Lipinski definition) is 2. The quantitative estimate of drug-likeness (QED) is 0.435. The molecule has 4 heteroatoms. The molecule has 138 valence electrons. The lowest BCUT2D eigenvalue weighted by molar-refractivity contribution is 0.0493. The normalized spacial score (nSPS) is 20.7. The van der Waals surface area contributed by atoms with Crippen LogP contribution in [0.2, 0.25) is 0 Å². The van der Waals surface area contributed by atoms with E-state index >= 15 is 0 Å². The third-order valence-corrected chi connectivity index (χ3v) is 6.44. The van der Waals surface area contributed by atoms with Crippen molar-refractivity contribution in [2.24, 2.45) is 5.92 Å². The number of carbonyl (C=O) groups is 1. The molecule has 2 aromatic carbocycles. The number of benzene rings is 2. The van der Waals surface area contributed by atoms with Crippen molar-refractivity contribution in [1.82, 2.24) is 4.90 Å². The summed E-state index contributed by atoms with van der Waals surface area (Å²) < 4.78 is 7.22. The molecule has 1 aliphatic heterocycles. The second-order valence-electron chi connectivity index (χ2n) is 7.95. The van der Waals surface area contributed by atoms with Crippen LogP contribution in [0.5, 0.6) is 0 Å². The highest BCUT2D eigenvalue weighted by atomic mass is 127. The Labute approximate surface area is 169 Å². The molecule has 3 rings (SSSR count). The minimum absolute atomic E-state index is 0.0864. The van der Waals surface area contributed by atoms with Gasteiger partial charge in [0.2, 0.25) is 0 Å². The average molecular weight is 463 g/mol. The zero-order valence-corrected chi connectivity index (χ0v) is 17.9. The minimum Gasteiger partial charge on any atom is -0.431 e. The van der Waals surface area contributed by atoms with E-state index in [4.69, 9.17) is 4.74 Å². The first-order valence-electron chi connectivity index (χ1n) is 9.01. The van der Waals surface area contributed by atoms with Gasteiger partial charge in [-0.15, -0.1) is 0 Å². The number of halogens is 1. The standard InChI is InChI=1S/C22H26INO2/c1-16(15-23)19-22(17-11-7-5-8-12-17,18-13-9-6-10-14-18)26-20(25)24(19)21(2,3)4/h5-14,16,19H,15H2,1-4H3. The highest BCUT2D eigenvalue weighted by Crippen LogP contribution is 2.49. The van der Waals surface area contributed by atoms with Gasteiger partial charge in [-0.1, -0.05) is 90.2 Å². The average Bonchev–Trinajstić information content (AvgIpc) is 2.97. The van der Waals surface area contributed by atoms with Crippen molar-refractivity contribution in [3.05, 3.63) is 71.8 Å². The molecule has 0 N–H and O–H groups in total. The van der Waals surface area contributed by atoms with Crippen molar-refractivity contribution in [3.8, 4) is 0 Å². The number of amides is 1. The molecule has 0 spiro atoms. The molecule has 1 amide bonds. The number of nitrogens with zero attached hydrogens (tertiary/aromatic N) is 1. The molecule has 1 aliphatic rings. The highest BCUT2D eigenvalue weighted by molar-refractivity contribution is 14.1. The molecule has 0 bridgehead atoms. The van der Waals surface area contributed by atoms with E-state index in [1.165, 1.54) is 0 Å². The maximum Gasteiger partial charge on any atom is 0.411 e. The predicted molar refractivity (Wildman–Crippen MR) is 114 cm³/mol. The van der Waals surface area contributed by atoms with Crippen molar-refractivity contribution >= 4 is 28.7 Å².